The molecule has 3 rings (SSSR count). The van der Waals surface area contributed by atoms with E-state index in [1.165, 1.54) is 23.9 Å². The van der Waals surface area contributed by atoms with Crippen LogP contribution in [0.15, 0.2) is 42.6 Å². The molecule has 0 aliphatic rings. The molecule has 0 spiro atoms. The standard InChI is InChI=1S/C18H18FN3O/c1-3-15-17(22-9-8-14(19)10-16(22)21-15)18(23)20-11-13-6-4-12(2)5-7-13/h4-10H,3,11H2,1-2H3,(H,20,23). The van der Waals surface area contributed by atoms with Gasteiger partial charge < -0.3 is 5.32 Å². The van der Waals surface area contributed by atoms with Crippen molar-refractivity contribution in [2.75, 3.05) is 0 Å². The van der Waals surface area contributed by atoms with Gasteiger partial charge >= 0.3 is 0 Å². The van der Waals surface area contributed by atoms with Crippen molar-refractivity contribution in [3.63, 3.8) is 0 Å². The van der Waals surface area contributed by atoms with Crippen LogP contribution in [0.1, 0.15) is 34.2 Å². The van der Waals surface area contributed by atoms with Crippen molar-refractivity contribution >= 4 is 11.6 Å². The molecule has 0 radical (unpaired) electrons. The van der Waals surface area contributed by atoms with E-state index < -0.39 is 0 Å². The lowest BCUT2D eigenvalue weighted by Crippen LogP contribution is -2.25. The molecule has 3 aromatic rings. The van der Waals surface area contributed by atoms with E-state index in [-0.39, 0.29) is 11.7 Å². The van der Waals surface area contributed by atoms with Gasteiger partial charge in [-0.2, -0.15) is 0 Å². The molecule has 0 bridgehead atoms. The molecule has 0 unspecified atom stereocenters. The number of nitrogens with zero attached hydrogens (tertiary/aromatic N) is 2. The van der Waals surface area contributed by atoms with Gasteiger partial charge in [0.2, 0.25) is 0 Å². The van der Waals surface area contributed by atoms with Crippen molar-refractivity contribution in [2.24, 2.45) is 0 Å². The van der Waals surface area contributed by atoms with Crippen LogP contribution in [0.2, 0.25) is 0 Å². The number of hydrogen-bond donors (Lipinski definition) is 1. The third-order valence-corrected chi connectivity index (χ3v) is 3.78. The first-order valence-electron chi connectivity index (χ1n) is 7.58. The second-order valence-electron chi connectivity index (χ2n) is 5.50. The number of amides is 1. The summed E-state index contributed by atoms with van der Waals surface area (Å²) in [5.74, 6) is -0.571. The Bertz CT molecular complexity index is 853. The number of aromatic nitrogens is 2. The van der Waals surface area contributed by atoms with Crippen LogP contribution in [0.25, 0.3) is 5.65 Å². The van der Waals surface area contributed by atoms with Crippen LogP contribution < -0.4 is 5.32 Å². The first kappa shape index (κ1) is 15.2. The van der Waals surface area contributed by atoms with E-state index >= 15 is 0 Å². The average Bonchev–Trinajstić information content (AvgIpc) is 2.91. The smallest absolute Gasteiger partial charge is 0.270 e. The number of carbonyl (C=O) groups excluding carboxylic acids is 1. The first-order valence-corrected chi connectivity index (χ1v) is 7.58. The van der Waals surface area contributed by atoms with Gasteiger partial charge in [0, 0.05) is 18.8 Å². The molecule has 4 nitrogen and oxygen atoms in total. The lowest BCUT2D eigenvalue weighted by atomic mass is 10.1. The molecule has 1 N–H and O–H groups in total. The van der Waals surface area contributed by atoms with Crippen LogP contribution in [-0.2, 0) is 13.0 Å². The van der Waals surface area contributed by atoms with E-state index in [0.29, 0.717) is 30.0 Å². The highest BCUT2D eigenvalue weighted by Gasteiger charge is 2.18. The predicted molar refractivity (Wildman–Crippen MR) is 86.9 cm³/mol. The molecule has 1 aromatic carbocycles. The molecule has 0 aliphatic heterocycles. The number of fused-ring (bicyclic) bond motifs is 1. The maximum absolute atomic E-state index is 13.3. The number of halogens is 1. The first-order chi connectivity index (χ1) is 11.1. The summed E-state index contributed by atoms with van der Waals surface area (Å²) in [4.78, 5) is 16.9. The fraction of sp³-hybridized carbons (Fsp3) is 0.222. The van der Waals surface area contributed by atoms with Crippen LogP contribution in [0, 0.1) is 12.7 Å². The van der Waals surface area contributed by atoms with Crippen molar-refractivity contribution in [1.82, 2.24) is 14.7 Å². The number of aryl methyl sites for hydroxylation is 2. The molecule has 5 heteroatoms. The normalized spacial score (nSPS) is 10.9. The minimum absolute atomic E-state index is 0.207. The summed E-state index contributed by atoms with van der Waals surface area (Å²) in [6.45, 7) is 4.39. The third-order valence-electron chi connectivity index (χ3n) is 3.78. The lowest BCUT2D eigenvalue weighted by Gasteiger charge is -2.07. The highest BCUT2D eigenvalue weighted by molar-refractivity contribution is 5.94. The zero-order chi connectivity index (χ0) is 16.4. The Morgan fingerprint density at radius 1 is 1.26 bits per heavy atom. The number of hydrogen-bond acceptors (Lipinski definition) is 2. The highest BCUT2D eigenvalue weighted by Crippen LogP contribution is 2.15. The second kappa shape index (κ2) is 6.20. The third kappa shape index (κ3) is 3.08. The van der Waals surface area contributed by atoms with Crippen LogP contribution in [0.3, 0.4) is 0 Å². The Kier molecular flexibility index (Phi) is 4.10. The molecule has 0 fully saturated rings. The van der Waals surface area contributed by atoms with Crippen LogP contribution in [-0.4, -0.2) is 15.3 Å². The summed E-state index contributed by atoms with van der Waals surface area (Å²) in [5, 5.41) is 2.91. The summed E-state index contributed by atoms with van der Waals surface area (Å²) in [6, 6.07) is 10.6. The number of benzene rings is 1. The quantitative estimate of drug-likeness (QED) is 0.804. The fourth-order valence-electron chi connectivity index (χ4n) is 2.53. The number of pyridine rings is 1. The van der Waals surface area contributed by atoms with Gasteiger partial charge in [0.15, 0.2) is 0 Å². The van der Waals surface area contributed by atoms with E-state index in [9.17, 15) is 9.18 Å². The minimum Gasteiger partial charge on any atom is -0.347 e. The van der Waals surface area contributed by atoms with E-state index in [0.717, 1.165) is 5.56 Å². The van der Waals surface area contributed by atoms with Gasteiger partial charge in [-0.25, -0.2) is 9.37 Å². The number of carbonyl (C=O) groups is 1. The van der Waals surface area contributed by atoms with Crippen molar-refractivity contribution in [1.29, 1.82) is 0 Å². The summed E-state index contributed by atoms with van der Waals surface area (Å²) in [7, 11) is 0. The van der Waals surface area contributed by atoms with Crippen molar-refractivity contribution in [3.05, 3.63) is 70.9 Å². The molecule has 0 saturated carbocycles. The Balaban J connectivity index is 1.86. The molecule has 0 saturated heterocycles. The largest absolute Gasteiger partial charge is 0.347 e. The zero-order valence-electron chi connectivity index (χ0n) is 13.1. The molecule has 0 atom stereocenters. The van der Waals surface area contributed by atoms with Crippen molar-refractivity contribution in [2.45, 2.75) is 26.8 Å². The molecule has 118 valence electrons. The Morgan fingerprint density at radius 2 is 2.00 bits per heavy atom. The molecular formula is C18H18FN3O. The summed E-state index contributed by atoms with van der Waals surface area (Å²) < 4.78 is 15.0. The molecule has 2 aromatic heterocycles. The maximum atomic E-state index is 13.3. The highest BCUT2D eigenvalue weighted by atomic mass is 19.1. The Hall–Kier alpha value is -2.69. The molecular weight excluding hydrogens is 293 g/mol. The number of rotatable bonds is 4. The van der Waals surface area contributed by atoms with Gasteiger partial charge in [0.1, 0.15) is 17.2 Å². The van der Waals surface area contributed by atoms with Gasteiger partial charge in [0.05, 0.1) is 5.69 Å². The minimum atomic E-state index is -0.364. The zero-order valence-corrected chi connectivity index (χ0v) is 13.1. The van der Waals surface area contributed by atoms with Gasteiger partial charge in [-0.05, 0) is 25.0 Å². The van der Waals surface area contributed by atoms with Crippen LogP contribution in [0.5, 0.6) is 0 Å². The average molecular weight is 311 g/mol. The van der Waals surface area contributed by atoms with Gasteiger partial charge in [-0.15, -0.1) is 0 Å². The van der Waals surface area contributed by atoms with E-state index in [1.54, 1.807) is 4.40 Å². The lowest BCUT2D eigenvalue weighted by molar-refractivity contribution is 0.0944. The monoisotopic (exact) mass is 311 g/mol. The summed E-state index contributed by atoms with van der Waals surface area (Å²) in [5.41, 5.74) is 3.79. The Labute approximate surface area is 134 Å². The van der Waals surface area contributed by atoms with Gasteiger partial charge in [-0.1, -0.05) is 36.8 Å². The SMILES string of the molecule is CCc1nc2cc(F)ccn2c1C(=O)NCc1ccc(C)cc1. The van der Waals surface area contributed by atoms with E-state index in [4.69, 9.17) is 0 Å². The topological polar surface area (TPSA) is 46.4 Å². The fourth-order valence-corrected chi connectivity index (χ4v) is 2.53. The summed E-state index contributed by atoms with van der Waals surface area (Å²) >= 11 is 0. The Morgan fingerprint density at radius 3 is 2.70 bits per heavy atom. The van der Waals surface area contributed by atoms with Gasteiger partial charge in [0.25, 0.3) is 5.91 Å². The van der Waals surface area contributed by atoms with Crippen LogP contribution in [0.4, 0.5) is 4.39 Å². The van der Waals surface area contributed by atoms with E-state index in [1.807, 2.05) is 38.1 Å². The number of nitrogens with one attached hydrogen (secondary N) is 1. The number of imidazole rings is 1. The molecule has 23 heavy (non-hydrogen) atoms. The predicted octanol–water partition coefficient (Wildman–Crippen LogP) is 3.27. The second-order valence-corrected chi connectivity index (χ2v) is 5.50. The molecule has 2 heterocycles. The van der Waals surface area contributed by atoms with Crippen molar-refractivity contribution in [3.8, 4) is 0 Å². The summed E-state index contributed by atoms with van der Waals surface area (Å²) in [6.07, 6.45) is 2.15. The van der Waals surface area contributed by atoms with Gasteiger partial charge in [-0.3, -0.25) is 9.20 Å². The van der Waals surface area contributed by atoms with E-state index in [2.05, 4.69) is 10.3 Å². The van der Waals surface area contributed by atoms with Crippen molar-refractivity contribution < 1.29 is 9.18 Å². The maximum Gasteiger partial charge on any atom is 0.270 e. The molecule has 1 amide bonds. The molecule has 0 aliphatic carbocycles. The van der Waals surface area contributed by atoms with Crippen LogP contribution >= 0.6 is 0 Å².